The Bertz CT molecular complexity index is 562. The van der Waals surface area contributed by atoms with Gasteiger partial charge in [0.1, 0.15) is 0 Å². The zero-order chi connectivity index (χ0) is 17.8. The van der Waals surface area contributed by atoms with E-state index in [0.29, 0.717) is 17.8 Å². The Morgan fingerprint density at radius 1 is 0.870 bits per heavy atom. The van der Waals surface area contributed by atoms with Gasteiger partial charge in [0.15, 0.2) is 0 Å². The number of hydrogen-bond acceptors (Lipinski definition) is 2. The predicted molar refractivity (Wildman–Crippen MR) is 107 cm³/mol. The number of benzene rings is 1. The fourth-order valence-corrected chi connectivity index (χ4v) is 5.57. The average molecular weight is 375 g/mol. The first-order valence-corrected chi connectivity index (χ1v) is 12.5. The van der Waals surface area contributed by atoms with Gasteiger partial charge in [-0.25, -0.2) is 0 Å². The Balaban J connectivity index is 3.44. The Labute approximate surface area is 151 Å². The second kappa shape index (κ2) is 9.01. The average Bonchev–Trinajstić information content (AvgIpc) is 2.33. The van der Waals surface area contributed by atoms with E-state index < -0.39 is 5.69 Å². The molecule has 0 heterocycles. The van der Waals surface area contributed by atoms with Crippen molar-refractivity contribution in [2.24, 2.45) is 17.8 Å². The summed E-state index contributed by atoms with van der Waals surface area (Å²) in [5, 5.41) is 0. The molecule has 0 atom stereocenters. The summed E-state index contributed by atoms with van der Waals surface area (Å²) in [4.78, 5) is 20.5. The van der Waals surface area contributed by atoms with Crippen molar-refractivity contribution >= 4 is 28.9 Å². The van der Waals surface area contributed by atoms with E-state index >= 15 is 0 Å². The second-order valence-corrected chi connectivity index (χ2v) is 13.5. The van der Waals surface area contributed by atoms with Crippen LogP contribution in [0.5, 0.6) is 0 Å². The standard InChI is InChI=1S/C18H31O2PS2/c1-12(2)9-15-7-8-18(23-21(19,20)22)17(11-14(5)6)16(15)10-13(3)4/h7-8,12-14H,9-11H2,1-6H3,(H2,19,20,22). The molecule has 1 aromatic carbocycles. The van der Waals surface area contributed by atoms with Crippen LogP contribution in [0.25, 0.3) is 0 Å². The molecule has 0 aromatic heterocycles. The molecule has 0 radical (unpaired) electrons. The maximum absolute atomic E-state index is 9.76. The minimum absolute atomic E-state index is 0.518. The molecule has 0 aliphatic carbocycles. The van der Waals surface area contributed by atoms with E-state index in [4.69, 9.17) is 11.8 Å². The third-order valence-corrected chi connectivity index (χ3v) is 6.35. The molecule has 132 valence electrons. The van der Waals surface area contributed by atoms with Gasteiger partial charge in [0.25, 0.3) is 0 Å². The summed E-state index contributed by atoms with van der Waals surface area (Å²) in [6, 6.07) is 4.20. The lowest BCUT2D eigenvalue weighted by atomic mass is 9.86. The molecule has 5 heteroatoms. The van der Waals surface area contributed by atoms with Crippen LogP contribution in [0.2, 0.25) is 0 Å². The topological polar surface area (TPSA) is 40.5 Å². The molecule has 0 saturated carbocycles. The summed E-state index contributed by atoms with van der Waals surface area (Å²) >= 11 is 5.93. The Morgan fingerprint density at radius 2 is 1.35 bits per heavy atom. The van der Waals surface area contributed by atoms with E-state index in [2.05, 4.69) is 47.6 Å². The first-order chi connectivity index (χ1) is 10.5. The van der Waals surface area contributed by atoms with Gasteiger partial charge in [0.05, 0.1) is 0 Å². The smallest absolute Gasteiger partial charge is 0.246 e. The lowest BCUT2D eigenvalue weighted by Gasteiger charge is -2.23. The molecule has 0 aliphatic rings. The van der Waals surface area contributed by atoms with Crippen LogP contribution in [0.4, 0.5) is 0 Å². The van der Waals surface area contributed by atoms with Gasteiger partial charge in [-0.3, -0.25) is 0 Å². The van der Waals surface area contributed by atoms with Crippen molar-refractivity contribution in [3.05, 3.63) is 28.8 Å². The Hall–Kier alpha value is 0.140. The van der Waals surface area contributed by atoms with Crippen molar-refractivity contribution in [1.29, 1.82) is 0 Å². The third kappa shape index (κ3) is 7.70. The van der Waals surface area contributed by atoms with E-state index in [9.17, 15) is 9.79 Å². The normalized spacial score (nSPS) is 12.7. The highest BCUT2D eigenvalue weighted by Gasteiger charge is 2.20. The van der Waals surface area contributed by atoms with Crippen LogP contribution in [0, 0.1) is 17.8 Å². The second-order valence-electron chi connectivity index (χ2n) is 7.56. The van der Waals surface area contributed by atoms with Gasteiger partial charge in [-0.05, 0) is 83.0 Å². The zero-order valence-electron chi connectivity index (χ0n) is 15.2. The van der Waals surface area contributed by atoms with E-state index in [1.165, 1.54) is 16.7 Å². The highest BCUT2D eigenvalue weighted by molar-refractivity contribution is 8.67. The van der Waals surface area contributed by atoms with E-state index in [1.807, 2.05) is 6.07 Å². The minimum Gasteiger partial charge on any atom is -0.337 e. The Kier molecular flexibility index (Phi) is 8.30. The maximum Gasteiger partial charge on any atom is 0.246 e. The molecule has 0 bridgehead atoms. The molecule has 1 rings (SSSR count). The molecule has 0 aliphatic heterocycles. The van der Waals surface area contributed by atoms with Crippen LogP contribution in [-0.4, -0.2) is 9.79 Å². The van der Waals surface area contributed by atoms with Gasteiger partial charge in [0.2, 0.25) is 5.69 Å². The lowest BCUT2D eigenvalue weighted by molar-refractivity contribution is 0.502. The molecule has 0 amide bonds. The first-order valence-electron chi connectivity index (χ1n) is 8.38. The summed E-state index contributed by atoms with van der Waals surface area (Å²) in [6.07, 6.45) is 3.04. The van der Waals surface area contributed by atoms with E-state index in [0.717, 1.165) is 35.5 Å². The van der Waals surface area contributed by atoms with Crippen molar-refractivity contribution in [3.63, 3.8) is 0 Å². The van der Waals surface area contributed by atoms with Gasteiger partial charge < -0.3 is 9.79 Å². The highest BCUT2D eigenvalue weighted by atomic mass is 32.9. The lowest BCUT2D eigenvalue weighted by Crippen LogP contribution is -2.10. The van der Waals surface area contributed by atoms with Crippen LogP contribution < -0.4 is 0 Å². The predicted octanol–water partition coefficient (Wildman–Crippen LogP) is 5.58. The van der Waals surface area contributed by atoms with Crippen LogP contribution in [-0.2, 0) is 31.1 Å². The summed E-state index contributed by atoms with van der Waals surface area (Å²) < 4.78 is 0. The monoisotopic (exact) mass is 374 g/mol. The fraction of sp³-hybridized carbons (Fsp3) is 0.667. The van der Waals surface area contributed by atoms with E-state index in [1.54, 1.807) is 0 Å². The third-order valence-electron chi connectivity index (χ3n) is 3.56. The van der Waals surface area contributed by atoms with Crippen LogP contribution in [0.3, 0.4) is 0 Å². The molecule has 2 N–H and O–H groups in total. The molecular formula is C18H31O2PS2. The Morgan fingerprint density at radius 3 is 1.78 bits per heavy atom. The van der Waals surface area contributed by atoms with Crippen LogP contribution in [0.1, 0.15) is 58.2 Å². The maximum atomic E-state index is 9.76. The highest BCUT2D eigenvalue weighted by Crippen LogP contribution is 2.56. The summed E-state index contributed by atoms with van der Waals surface area (Å²) in [6.45, 7) is 13.4. The quantitative estimate of drug-likeness (QED) is 0.583. The zero-order valence-corrected chi connectivity index (χ0v) is 17.7. The first kappa shape index (κ1) is 21.2. The molecule has 23 heavy (non-hydrogen) atoms. The van der Waals surface area contributed by atoms with Gasteiger partial charge in [-0.1, -0.05) is 47.6 Å². The van der Waals surface area contributed by atoms with Gasteiger partial charge in [0, 0.05) is 4.90 Å². The van der Waals surface area contributed by atoms with Crippen molar-refractivity contribution in [2.45, 2.75) is 65.7 Å². The molecule has 0 unspecified atom stereocenters. The molecular weight excluding hydrogens is 343 g/mol. The van der Waals surface area contributed by atoms with Crippen LogP contribution >= 0.6 is 17.1 Å². The molecule has 1 aromatic rings. The minimum atomic E-state index is -3.30. The number of hydrogen-bond donors (Lipinski definition) is 2. The van der Waals surface area contributed by atoms with Crippen molar-refractivity contribution < 1.29 is 9.79 Å². The van der Waals surface area contributed by atoms with Crippen molar-refractivity contribution in [3.8, 4) is 0 Å². The molecule has 2 nitrogen and oxygen atoms in total. The fourth-order valence-electron chi connectivity index (χ4n) is 2.86. The van der Waals surface area contributed by atoms with Gasteiger partial charge in [-0.15, -0.1) is 0 Å². The molecule has 0 saturated heterocycles. The summed E-state index contributed by atoms with van der Waals surface area (Å²) in [5.74, 6) is 1.69. The molecule has 0 fully saturated rings. The van der Waals surface area contributed by atoms with Crippen molar-refractivity contribution in [1.82, 2.24) is 0 Å². The number of rotatable bonds is 8. The largest absolute Gasteiger partial charge is 0.337 e. The van der Waals surface area contributed by atoms with Crippen molar-refractivity contribution in [2.75, 3.05) is 0 Å². The van der Waals surface area contributed by atoms with Gasteiger partial charge >= 0.3 is 0 Å². The summed E-state index contributed by atoms with van der Waals surface area (Å²) in [5.41, 5.74) is 0.767. The van der Waals surface area contributed by atoms with Crippen LogP contribution in [0.15, 0.2) is 17.0 Å². The molecule has 0 spiro atoms. The SMILES string of the molecule is CC(C)Cc1ccc(SP(O)(O)=S)c(CC(C)C)c1CC(C)C. The van der Waals surface area contributed by atoms with E-state index in [-0.39, 0.29) is 0 Å². The summed E-state index contributed by atoms with van der Waals surface area (Å²) in [7, 11) is 0. The van der Waals surface area contributed by atoms with Gasteiger partial charge in [-0.2, -0.15) is 0 Å².